The second-order valence-electron chi connectivity index (χ2n) is 5.85. The van der Waals surface area contributed by atoms with Gasteiger partial charge in [0.25, 0.3) is 0 Å². The fourth-order valence-corrected chi connectivity index (χ4v) is 2.90. The van der Waals surface area contributed by atoms with Crippen LogP contribution in [0.3, 0.4) is 0 Å². The molecule has 25 heavy (non-hydrogen) atoms. The molecule has 1 aliphatic heterocycles. The number of fused-ring (bicyclic) bond motifs is 1. The van der Waals surface area contributed by atoms with Crippen molar-refractivity contribution in [1.29, 1.82) is 0 Å². The Morgan fingerprint density at radius 1 is 1.40 bits per heavy atom. The monoisotopic (exact) mass is 361 g/mol. The number of nitrogens with zero attached hydrogens (tertiary/aromatic N) is 1. The fourth-order valence-electron chi connectivity index (χ4n) is 2.75. The third-order valence-electron chi connectivity index (χ3n) is 4.03. The summed E-state index contributed by atoms with van der Waals surface area (Å²) in [6, 6.07) is 8.92. The summed E-state index contributed by atoms with van der Waals surface area (Å²) in [6.07, 6.45) is 0. The van der Waals surface area contributed by atoms with E-state index in [-0.39, 0.29) is 12.5 Å². The Morgan fingerprint density at radius 2 is 2.20 bits per heavy atom. The lowest BCUT2D eigenvalue weighted by atomic mass is 10.2. The molecule has 132 valence electrons. The van der Waals surface area contributed by atoms with Crippen molar-refractivity contribution in [3.8, 4) is 11.5 Å². The van der Waals surface area contributed by atoms with Crippen LogP contribution in [-0.2, 0) is 4.79 Å². The maximum Gasteiger partial charge on any atom is 0.243 e. The summed E-state index contributed by atoms with van der Waals surface area (Å²) in [6.45, 7) is 3.21. The maximum absolute atomic E-state index is 12.5. The number of carbonyl (C=O) groups excluding carboxylic acids is 1. The van der Waals surface area contributed by atoms with E-state index in [4.69, 9.17) is 26.8 Å². The molecule has 0 unspecified atom stereocenters. The Labute approximate surface area is 151 Å². The first-order valence-electron chi connectivity index (χ1n) is 7.89. The molecule has 0 aliphatic carbocycles. The van der Waals surface area contributed by atoms with Crippen LogP contribution < -0.4 is 25.4 Å². The number of nitrogen functional groups attached to an aromatic ring is 1. The van der Waals surface area contributed by atoms with Gasteiger partial charge in [0.15, 0.2) is 0 Å². The van der Waals surface area contributed by atoms with E-state index in [0.29, 0.717) is 41.0 Å². The molecule has 2 aromatic carbocycles. The molecule has 0 spiro atoms. The summed E-state index contributed by atoms with van der Waals surface area (Å²) in [5.74, 6) is 1.07. The van der Waals surface area contributed by atoms with Crippen molar-refractivity contribution >= 4 is 34.6 Å². The molecule has 0 aromatic heterocycles. The van der Waals surface area contributed by atoms with Gasteiger partial charge in [-0.1, -0.05) is 11.6 Å². The Balaban J connectivity index is 1.75. The van der Waals surface area contributed by atoms with Gasteiger partial charge >= 0.3 is 0 Å². The molecular formula is C18H20ClN3O3. The molecule has 0 saturated heterocycles. The lowest BCUT2D eigenvalue weighted by Gasteiger charge is -2.30. The number of methoxy groups -OCH3 is 1. The molecule has 1 heterocycles. The lowest BCUT2D eigenvalue weighted by Crippen LogP contribution is -2.38. The van der Waals surface area contributed by atoms with Crippen LogP contribution >= 0.6 is 11.6 Å². The van der Waals surface area contributed by atoms with E-state index >= 15 is 0 Å². The molecule has 1 aliphatic rings. The van der Waals surface area contributed by atoms with Gasteiger partial charge in [-0.2, -0.15) is 0 Å². The van der Waals surface area contributed by atoms with E-state index in [1.54, 1.807) is 31.4 Å². The molecule has 6 nitrogen and oxygen atoms in total. The molecule has 3 rings (SSSR count). The molecule has 3 N–H and O–H groups in total. The van der Waals surface area contributed by atoms with Crippen LogP contribution in [0.15, 0.2) is 30.3 Å². The highest BCUT2D eigenvalue weighted by Gasteiger charge is 2.21. The van der Waals surface area contributed by atoms with Crippen LogP contribution in [0.2, 0.25) is 5.02 Å². The van der Waals surface area contributed by atoms with Crippen molar-refractivity contribution in [2.75, 3.05) is 42.8 Å². The quantitative estimate of drug-likeness (QED) is 0.818. The molecule has 0 saturated carbocycles. The second-order valence-corrected chi connectivity index (χ2v) is 6.25. The van der Waals surface area contributed by atoms with Crippen molar-refractivity contribution in [2.45, 2.75) is 6.92 Å². The standard InChI is InChI=1S/C18H20ClN3O3/c1-11-7-14(16(24-2)9-13(11)19)21-18(23)10-22-5-6-25-17-8-12(20)3-4-15(17)22/h3-4,7-9H,5-6,10,20H2,1-2H3,(H,21,23). The van der Waals surface area contributed by atoms with Crippen molar-refractivity contribution in [1.82, 2.24) is 0 Å². The summed E-state index contributed by atoms with van der Waals surface area (Å²) in [4.78, 5) is 14.5. The molecule has 0 atom stereocenters. The van der Waals surface area contributed by atoms with Gasteiger partial charge in [0.2, 0.25) is 5.91 Å². The summed E-state index contributed by atoms with van der Waals surface area (Å²) in [5, 5.41) is 3.48. The van der Waals surface area contributed by atoms with Crippen molar-refractivity contribution in [3.63, 3.8) is 0 Å². The van der Waals surface area contributed by atoms with E-state index < -0.39 is 0 Å². The predicted molar refractivity (Wildman–Crippen MR) is 99.9 cm³/mol. The van der Waals surface area contributed by atoms with Crippen LogP contribution in [0.1, 0.15) is 5.56 Å². The van der Waals surface area contributed by atoms with Gasteiger partial charge in [-0.3, -0.25) is 4.79 Å². The van der Waals surface area contributed by atoms with Gasteiger partial charge in [0.05, 0.1) is 31.6 Å². The number of hydrogen-bond acceptors (Lipinski definition) is 5. The Hall–Kier alpha value is -2.60. The average Bonchev–Trinajstić information content (AvgIpc) is 2.57. The zero-order chi connectivity index (χ0) is 18.0. The number of anilines is 3. The lowest BCUT2D eigenvalue weighted by molar-refractivity contribution is -0.115. The number of amides is 1. The number of benzene rings is 2. The van der Waals surface area contributed by atoms with Crippen molar-refractivity contribution < 1.29 is 14.3 Å². The highest BCUT2D eigenvalue weighted by atomic mass is 35.5. The van der Waals surface area contributed by atoms with Gasteiger partial charge < -0.3 is 25.4 Å². The van der Waals surface area contributed by atoms with E-state index in [9.17, 15) is 4.79 Å². The number of hydrogen-bond donors (Lipinski definition) is 2. The van der Waals surface area contributed by atoms with Gasteiger partial charge in [-0.05, 0) is 30.7 Å². The Kier molecular flexibility index (Phi) is 4.90. The number of nitrogens with one attached hydrogen (secondary N) is 1. The number of carbonyl (C=O) groups is 1. The zero-order valence-electron chi connectivity index (χ0n) is 14.1. The Morgan fingerprint density at radius 3 is 2.96 bits per heavy atom. The van der Waals surface area contributed by atoms with E-state index in [2.05, 4.69) is 5.32 Å². The van der Waals surface area contributed by atoms with Crippen LogP contribution in [0.25, 0.3) is 0 Å². The number of nitrogens with two attached hydrogens (primary N) is 1. The first-order valence-corrected chi connectivity index (χ1v) is 8.27. The zero-order valence-corrected chi connectivity index (χ0v) is 14.9. The van der Waals surface area contributed by atoms with Gasteiger partial charge in [-0.15, -0.1) is 0 Å². The SMILES string of the molecule is COc1cc(Cl)c(C)cc1NC(=O)CN1CCOc2cc(N)ccc21. The molecule has 0 radical (unpaired) electrons. The average molecular weight is 362 g/mol. The summed E-state index contributed by atoms with van der Waals surface area (Å²) >= 11 is 6.10. The maximum atomic E-state index is 12.5. The van der Waals surface area contributed by atoms with E-state index in [1.165, 1.54) is 0 Å². The summed E-state index contributed by atoms with van der Waals surface area (Å²) in [5.41, 5.74) is 8.74. The fraction of sp³-hybridized carbons (Fsp3) is 0.278. The molecule has 0 bridgehead atoms. The van der Waals surface area contributed by atoms with Gasteiger partial charge in [0, 0.05) is 22.8 Å². The normalized spacial score (nSPS) is 13.0. The van der Waals surface area contributed by atoms with Gasteiger partial charge in [-0.25, -0.2) is 0 Å². The predicted octanol–water partition coefficient (Wildman–Crippen LogP) is 3.08. The topological polar surface area (TPSA) is 76.8 Å². The van der Waals surface area contributed by atoms with Crippen molar-refractivity contribution in [2.24, 2.45) is 0 Å². The summed E-state index contributed by atoms with van der Waals surface area (Å²) in [7, 11) is 1.54. The molecule has 0 fully saturated rings. The van der Waals surface area contributed by atoms with Crippen LogP contribution in [0.5, 0.6) is 11.5 Å². The number of ether oxygens (including phenoxy) is 2. The van der Waals surface area contributed by atoms with Crippen LogP contribution in [0.4, 0.5) is 17.1 Å². The molecule has 2 aromatic rings. The minimum absolute atomic E-state index is 0.148. The summed E-state index contributed by atoms with van der Waals surface area (Å²) < 4.78 is 10.9. The highest BCUT2D eigenvalue weighted by molar-refractivity contribution is 6.31. The first-order chi connectivity index (χ1) is 12.0. The minimum Gasteiger partial charge on any atom is -0.495 e. The smallest absolute Gasteiger partial charge is 0.243 e. The van der Waals surface area contributed by atoms with E-state index in [0.717, 1.165) is 11.3 Å². The van der Waals surface area contributed by atoms with Crippen LogP contribution in [0, 0.1) is 6.92 Å². The Bertz CT molecular complexity index is 810. The highest BCUT2D eigenvalue weighted by Crippen LogP contribution is 2.34. The third kappa shape index (κ3) is 3.74. The second kappa shape index (κ2) is 7.11. The van der Waals surface area contributed by atoms with E-state index in [1.807, 2.05) is 17.9 Å². The molecular weight excluding hydrogens is 342 g/mol. The van der Waals surface area contributed by atoms with Crippen molar-refractivity contribution in [3.05, 3.63) is 40.9 Å². The number of halogens is 1. The molecule has 7 heteroatoms. The number of aryl methyl sites for hydroxylation is 1. The van der Waals surface area contributed by atoms with Crippen LogP contribution in [-0.4, -0.2) is 32.7 Å². The largest absolute Gasteiger partial charge is 0.495 e. The molecule has 1 amide bonds. The van der Waals surface area contributed by atoms with Gasteiger partial charge in [0.1, 0.15) is 18.1 Å². The first kappa shape index (κ1) is 17.2. The minimum atomic E-state index is -0.148. The third-order valence-corrected chi connectivity index (χ3v) is 4.44. The number of rotatable bonds is 4.